The highest BCUT2D eigenvalue weighted by Gasteiger charge is 2.08. The average Bonchev–Trinajstić information content (AvgIpc) is 3.09. The molecule has 1 N–H and O–H groups in total. The molecule has 0 aliphatic heterocycles. The van der Waals surface area contributed by atoms with Gasteiger partial charge in [0.05, 0.1) is 17.3 Å². The number of anilines is 1. The predicted octanol–water partition coefficient (Wildman–Crippen LogP) is 1.79. The summed E-state index contributed by atoms with van der Waals surface area (Å²) in [6.45, 7) is 0. The number of carbonyl (C=O) groups is 1. The SMILES string of the molecule is N#Cc1cccc(NC(=O)c2cccc(-n3cnnn3)c2)c1. The Kier molecular flexibility index (Phi) is 3.58. The van der Waals surface area contributed by atoms with E-state index in [9.17, 15) is 4.79 Å². The first-order valence-corrected chi connectivity index (χ1v) is 6.41. The van der Waals surface area contributed by atoms with E-state index in [1.165, 1.54) is 11.0 Å². The van der Waals surface area contributed by atoms with Gasteiger partial charge in [-0.2, -0.15) is 5.26 Å². The van der Waals surface area contributed by atoms with Crippen molar-refractivity contribution in [2.75, 3.05) is 5.32 Å². The van der Waals surface area contributed by atoms with Crippen molar-refractivity contribution >= 4 is 11.6 Å². The van der Waals surface area contributed by atoms with Crippen molar-refractivity contribution in [2.24, 2.45) is 0 Å². The molecule has 106 valence electrons. The average molecular weight is 290 g/mol. The van der Waals surface area contributed by atoms with Crippen molar-refractivity contribution in [3.8, 4) is 11.8 Å². The second kappa shape index (κ2) is 5.85. The number of hydrogen-bond acceptors (Lipinski definition) is 5. The molecule has 0 saturated heterocycles. The number of nitrogens with one attached hydrogen (secondary N) is 1. The van der Waals surface area contributed by atoms with E-state index in [-0.39, 0.29) is 5.91 Å². The van der Waals surface area contributed by atoms with Crippen LogP contribution in [0.3, 0.4) is 0 Å². The molecule has 0 atom stereocenters. The quantitative estimate of drug-likeness (QED) is 0.793. The fraction of sp³-hybridized carbons (Fsp3) is 0. The van der Waals surface area contributed by atoms with Crippen molar-refractivity contribution < 1.29 is 4.79 Å². The molecule has 0 aliphatic rings. The number of hydrogen-bond donors (Lipinski definition) is 1. The van der Waals surface area contributed by atoms with Crippen LogP contribution in [0.4, 0.5) is 5.69 Å². The highest BCUT2D eigenvalue weighted by Crippen LogP contribution is 2.13. The molecular formula is C15H10N6O. The van der Waals surface area contributed by atoms with E-state index < -0.39 is 0 Å². The fourth-order valence-electron chi connectivity index (χ4n) is 1.94. The summed E-state index contributed by atoms with van der Waals surface area (Å²) in [5, 5.41) is 22.5. The first-order valence-electron chi connectivity index (χ1n) is 6.41. The van der Waals surface area contributed by atoms with Crippen LogP contribution in [0.5, 0.6) is 0 Å². The Balaban J connectivity index is 1.83. The number of amides is 1. The number of nitrogens with zero attached hydrogens (tertiary/aromatic N) is 5. The minimum absolute atomic E-state index is 0.273. The molecule has 0 aliphatic carbocycles. The lowest BCUT2D eigenvalue weighted by atomic mass is 10.1. The number of tetrazole rings is 1. The fourth-order valence-corrected chi connectivity index (χ4v) is 1.94. The van der Waals surface area contributed by atoms with E-state index in [2.05, 4.69) is 20.8 Å². The van der Waals surface area contributed by atoms with Gasteiger partial charge < -0.3 is 5.32 Å². The molecule has 1 heterocycles. The molecule has 0 spiro atoms. The Morgan fingerprint density at radius 3 is 2.82 bits per heavy atom. The number of benzene rings is 2. The molecule has 7 nitrogen and oxygen atoms in total. The molecule has 3 rings (SSSR count). The lowest BCUT2D eigenvalue weighted by molar-refractivity contribution is 0.102. The zero-order valence-corrected chi connectivity index (χ0v) is 11.3. The summed E-state index contributed by atoms with van der Waals surface area (Å²) in [6, 6.07) is 15.7. The van der Waals surface area contributed by atoms with Crippen molar-refractivity contribution in [3.05, 3.63) is 66.0 Å². The summed E-state index contributed by atoms with van der Waals surface area (Å²) >= 11 is 0. The van der Waals surface area contributed by atoms with Gasteiger partial charge in [0, 0.05) is 11.3 Å². The maximum atomic E-state index is 12.3. The summed E-state index contributed by atoms with van der Waals surface area (Å²) in [5.41, 5.74) is 2.20. The molecule has 3 aromatic rings. The van der Waals surface area contributed by atoms with Gasteiger partial charge in [0.2, 0.25) is 0 Å². The van der Waals surface area contributed by atoms with Gasteiger partial charge in [-0.3, -0.25) is 4.79 Å². The summed E-state index contributed by atoms with van der Waals surface area (Å²) in [5.74, 6) is -0.273. The third-order valence-electron chi connectivity index (χ3n) is 2.97. The van der Waals surface area contributed by atoms with Crippen LogP contribution >= 0.6 is 0 Å². The highest BCUT2D eigenvalue weighted by atomic mass is 16.1. The smallest absolute Gasteiger partial charge is 0.255 e. The third kappa shape index (κ3) is 2.81. The lowest BCUT2D eigenvalue weighted by Crippen LogP contribution is -2.12. The molecule has 2 aromatic carbocycles. The third-order valence-corrected chi connectivity index (χ3v) is 2.97. The second-order valence-electron chi connectivity index (χ2n) is 4.45. The molecule has 1 aromatic heterocycles. The zero-order chi connectivity index (χ0) is 15.4. The lowest BCUT2D eigenvalue weighted by Gasteiger charge is -2.07. The Hall–Kier alpha value is -3.53. The van der Waals surface area contributed by atoms with Gasteiger partial charge in [0.25, 0.3) is 5.91 Å². The maximum absolute atomic E-state index is 12.3. The topological polar surface area (TPSA) is 96.5 Å². The Bertz CT molecular complexity index is 850. The van der Waals surface area contributed by atoms with Crippen LogP contribution < -0.4 is 5.32 Å². The van der Waals surface area contributed by atoms with Crippen LogP contribution in [-0.4, -0.2) is 26.1 Å². The van der Waals surface area contributed by atoms with Gasteiger partial charge in [-0.15, -0.1) is 5.10 Å². The largest absolute Gasteiger partial charge is 0.322 e. The van der Waals surface area contributed by atoms with Gasteiger partial charge in [-0.25, -0.2) is 4.68 Å². The van der Waals surface area contributed by atoms with E-state index in [0.29, 0.717) is 22.5 Å². The van der Waals surface area contributed by atoms with Gasteiger partial charge in [-0.1, -0.05) is 12.1 Å². The van der Waals surface area contributed by atoms with Gasteiger partial charge >= 0.3 is 0 Å². The van der Waals surface area contributed by atoms with E-state index in [0.717, 1.165) is 0 Å². The molecule has 7 heteroatoms. The minimum atomic E-state index is -0.273. The van der Waals surface area contributed by atoms with Gasteiger partial charge in [-0.05, 0) is 46.8 Å². The monoisotopic (exact) mass is 290 g/mol. The van der Waals surface area contributed by atoms with E-state index in [4.69, 9.17) is 5.26 Å². The summed E-state index contributed by atoms with van der Waals surface area (Å²) in [4.78, 5) is 12.3. The number of carbonyl (C=O) groups excluding carboxylic acids is 1. The number of nitriles is 1. The first kappa shape index (κ1) is 13.5. The Morgan fingerprint density at radius 1 is 1.18 bits per heavy atom. The zero-order valence-electron chi connectivity index (χ0n) is 11.3. The predicted molar refractivity (Wildman–Crippen MR) is 78.3 cm³/mol. The van der Waals surface area contributed by atoms with Gasteiger partial charge in [0.1, 0.15) is 6.33 Å². The molecule has 0 radical (unpaired) electrons. The van der Waals surface area contributed by atoms with Crippen LogP contribution in [-0.2, 0) is 0 Å². The molecule has 0 fully saturated rings. The standard InChI is InChI=1S/C15H10N6O/c16-9-11-3-1-5-13(7-11)18-15(22)12-4-2-6-14(8-12)21-10-17-19-20-21/h1-8,10H,(H,18,22). The van der Waals surface area contributed by atoms with Crippen molar-refractivity contribution in [2.45, 2.75) is 0 Å². The van der Waals surface area contributed by atoms with Crippen molar-refractivity contribution in [3.63, 3.8) is 0 Å². The highest BCUT2D eigenvalue weighted by molar-refractivity contribution is 6.04. The number of rotatable bonds is 3. The molecular weight excluding hydrogens is 280 g/mol. The van der Waals surface area contributed by atoms with Crippen molar-refractivity contribution in [1.29, 1.82) is 5.26 Å². The summed E-state index contributed by atoms with van der Waals surface area (Å²) in [6.07, 6.45) is 1.45. The molecule has 0 unspecified atom stereocenters. The van der Waals surface area contributed by atoms with Crippen molar-refractivity contribution in [1.82, 2.24) is 20.2 Å². The number of aromatic nitrogens is 4. The van der Waals surface area contributed by atoms with Crippen LogP contribution in [0.2, 0.25) is 0 Å². The van der Waals surface area contributed by atoms with Gasteiger partial charge in [0.15, 0.2) is 0 Å². The van der Waals surface area contributed by atoms with Crippen LogP contribution in [0.1, 0.15) is 15.9 Å². The molecule has 0 bridgehead atoms. The summed E-state index contributed by atoms with van der Waals surface area (Å²) < 4.78 is 1.47. The normalized spacial score (nSPS) is 9.95. The van der Waals surface area contributed by atoms with E-state index in [1.807, 2.05) is 6.07 Å². The Morgan fingerprint density at radius 2 is 2.05 bits per heavy atom. The van der Waals surface area contributed by atoms with Crippen LogP contribution in [0.15, 0.2) is 54.9 Å². The van der Waals surface area contributed by atoms with E-state index in [1.54, 1.807) is 48.5 Å². The maximum Gasteiger partial charge on any atom is 0.255 e. The summed E-state index contributed by atoms with van der Waals surface area (Å²) in [7, 11) is 0. The molecule has 1 amide bonds. The molecule has 0 saturated carbocycles. The van der Waals surface area contributed by atoms with Crippen LogP contribution in [0, 0.1) is 11.3 Å². The minimum Gasteiger partial charge on any atom is -0.322 e. The van der Waals surface area contributed by atoms with E-state index >= 15 is 0 Å². The second-order valence-corrected chi connectivity index (χ2v) is 4.45. The first-order chi connectivity index (χ1) is 10.8. The Labute approximate surface area is 125 Å². The van der Waals surface area contributed by atoms with Crippen LogP contribution in [0.25, 0.3) is 5.69 Å². The molecule has 22 heavy (non-hydrogen) atoms.